The molecule has 0 radical (unpaired) electrons. The van der Waals surface area contributed by atoms with Crippen molar-refractivity contribution < 1.29 is 14.8 Å². The smallest absolute Gasteiger partial charge is 0.291 e. The monoisotopic (exact) mass is 331 g/mol. The molecule has 2 heterocycles. The van der Waals surface area contributed by atoms with Gasteiger partial charge in [0.15, 0.2) is 0 Å². The highest BCUT2D eigenvalue weighted by Crippen LogP contribution is 2.31. The lowest BCUT2D eigenvalue weighted by Crippen LogP contribution is -2.37. The van der Waals surface area contributed by atoms with Gasteiger partial charge < -0.3 is 15.2 Å². The van der Waals surface area contributed by atoms with Crippen molar-refractivity contribution in [2.45, 2.75) is 18.9 Å². The van der Waals surface area contributed by atoms with Crippen molar-refractivity contribution >= 4 is 27.4 Å². The average Bonchev–Trinajstić information content (AvgIpc) is 2.78. The minimum absolute atomic E-state index is 0.0414. The van der Waals surface area contributed by atoms with Gasteiger partial charge in [-0.2, -0.15) is 0 Å². The molecule has 0 aromatic carbocycles. The molecule has 1 aliphatic heterocycles. The third-order valence-electron chi connectivity index (χ3n) is 3.10. The zero-order valence-electron chi connectivity index (χ0n) is 10.4. The summed E-state index contributed by atoms with van der Waals surface area (Å²) < 4.78 is 5.67. The van der Waals surface area contributed by atoms with E-state index in [2.05, 4.69) is 26.2 Å². The third-order valence-corrected chi connectivity index (χ3v) is 4.07. The molecule has 0 saturated carbocycles. The SMILES string of the molecule is Cc1c([N+](=O)[O-])cnc(NCC2(O)CCOC2)c1Br. The topological polar surface area (TPSA) is 97.5 Å². The molecule has 0 spiro atoms. The fourth-order valence-electron chi connectivity index (χ4n) is 1.86. The molecule has 2 rings (SSSR count). The normalized spacial score (nSPS) is 22.5. The summed E-state index contributed by atoms with van der Waals surface area (Å²) in [4.78, 5) is 14.3. The van der Waals surface area contributed by atoms with Crippen LogP contribution in [-0.2, 0) is 4.74 Å². The van der Waals surface area contributed by atoms with Crippen LogP contribution < -0.4 is 5.32 Å². The summed E-state index contributed by atoms with van der Waals surface area (Å²) in [6.45, 7) is 2.74. The predicted octanol–water partition coefficient (Wildman–Crippen LogP) is 1.62. The number of ether oxygens (including phenoxy) is 1. The Morgan fingerprint density at radius 3 is 3.05 bits per heavy atom. The zero-order chi connectivity index (χ0) is 14.0. The summed E-state index contributed by atoms with van der Waals surface area (Å²) in [7, 11) is 0. The van der Waals surface area contributed by atoms with Gasteiger partial charge in [-0.25, -0.2) is 4.98 Å². The number of hydrogen-bond donors (Lipinski definition) is 2. The number of hydrogen-bond acceptors (Lipinski definition) is 6. The first-order valence-electron chi connectivity index (χ1n) is 5.76. The summed E-state index contributed by atoms with van der Waals surface area (Å²) >= 11 is 3.28. The van der Waals surface area contributed by atoms with Crippen molar-refractivity contribution in [3.63, 3.8) is 0 Å². The van der Waals surface area contributed by atoms with Crippen LogP contribution in [0.1, 0.15) is 12.0 Å². The Hall–Kier alpha value is -1.25. The summed E-state index contributed by atoms with van der Waals surface area (Å²) in [6, 6.07) is 0. The first-order chi connectivity index (χ1) is 8.93. The Labute approximate surface area is 118 Å². The van der Waals surface area contributed by atoms with E-state index in [1.54, 1.807) is 6.92 Å². The Morgan fingerprint density at radius 2 is 2.47 bits per heavy atom. The van der Waals surface area contributed by atoms with Crippen LogP contribution >= 0.6 is 15.9 Å². The molecule has 1 aromatic rings. The van der Waals surface area contributed by atoms with Crippen LogP contribution in [0.2, 0.25) is 0 Å². The van der Waals surface area contributed by atoms with E-state index in [1.165, 1.54) is 6.20 Å². The van der Waals surface area contributed by atoms with E-state index in [0.29, 0.717) is 28.9 Å². The summed E-state index contributed by atoms with van der Waals surface area (Å²) in [5, 5.41) is 23.9. The molecule has 2 N–H and O–H groups in total. The lowest BCUT2D eigenvalue weighted by Gasteiger charge is -2.21. The number of aromatic nitrogens is 1. The number of rotatable bonds is 4. The molecular weight excluding hydrogens is 318 g/mol. The van der Waals surface area contributed by atoms with E-state index in [4.69, 9.17) is 4.74 Å². The number of anilines is 1. The van der Waals surface area contributed by atoms with E-state index in [1.807, 2.05) is 0 Å². The fourth-order valence-corrected chi connectivity index (χ4v) is 2.31. The van der Waals surface area contributed by atoms with Crippen molar-refractivity contribution in [1.29, 1.82) is 0 Å². The number of nitrogens with one attached hydrogen (secondary N) is 1. The molecular formula is C11H14BrN3O4. The maximum absolute atomic E-state index is 10.8. The first-order valence-corrected chi connectivity index (χ1v) is 6.56. The van der Waals surface area contributed by atoms with Crippen LogP contribution in [0.5, 0.6) is 0 Å². The quantitative estimate of drug-likeness (QED) is 0.642. The Bertz CT molecular complexity index is 503. The van der Waals surface area contributed by atoms with Crippen molar-refractivity contribution in [1.82, 2.24) is 4.98 Å². The van der Waals surface area contributed by atoms with Crippen molar-refractivity contribution in [2.75, 3.05) is 25.1 Å². The van der Waals surface area contributed by atoms with Crippen molar-refractivity contribution in [2.24, 2.45) is 0 Å². The van der Waals surface area contributed by atoms with Crippen LogP contribution in [0.3, 0.4) is 0 Å². The molecule has 0 aliphatic carbocycles. The Kier molecular flexibility index (Phi) is 4.02. The molecule has 7 nitrogen and oxygen atoms in total. The van der Waals surface area contributed by atoms with Gasteiger partial charge in [-0.05, 0) is 22.9 Å². The molecule has 1 aliphatic rings. The summed E-state index contributed by atoms with van der Waals surface area (Å²) in [6.07, 6.45) is 1.77. The van der Waals surface area contributed by atoms with E-state index in [0.717, 1.165) is 0 Å². The molecule has 104 valence electrons. The van der Waals surface area contributed by atoms with Gasteiger partial charge in [0.1, 0.15) is 17.6 Å². The van der Waals surface area contributed by atoms with Gasteiger partial charge in [0, 0.05) is 25.1 Å². The van der Waals surface area contributed by atoms with Crippen LogP contribution in [0.4, 0.5) is 11.5 Å². The average molecular weight is 332 g/mol. The maximum Gasteiger partial charge on any atom is 0.291 e. The Morgan fingerprint density at radius 1 is 1.74 bits per heavy atom. The van der Waals surface area contributed by atoms with Crippen molar-refractivity contribution in [3.05, 3.63) is 26.3 Å². The lowest BCUT2D eigenvalue weighted by atomic mass is 10.0. The van der Waals surface area contributed by atoms with Crippen LogP contribution in [0.15, 0.2) is 10.7 Å². The highest BCUT2D eigenvalue weighted by molar-refractivity contribution is 9.10. The second-order valence-electron chi connectivity index (χ2n) is 4.57. The highest BCUT2D eigenvalue weighted by atomic mass is 79.9. The summed E-state index contributed by atoms with van der Waals surface area (Å²) in [5.74, 6) is 0.475. The zero-order valence-corrected chi connectivity index (χ0v) is 11.9. The minimum atomic E-state index is -0.906. The van der Waals surface area contributed by atoms with Crippen LogP contribution in [0.25, 0.3) is 0 Å². The van der Waals surface area contributed by atoms with E-state index in [9.17, 15) is 15.2 Å². The Balaban J connectivity index is 2.13. The number of nitro groups is 1. The van der Waals surface area contributed by atoms with E-state index >= 15 is 0 Å². The van der Waals surface area contributed by atoms with Gasteiger partial charge >= 0.3 is 0 Å². The highest BCUT2D eigenvalue weighted by Gasteiger charge is 2.32. The maximum atomic E-state index is 10.8. The predicted molar refractivity (Wildman–Crippen MR) is 72.2 cm³/mol. The fraction of sp³-hybridized carbons (Fsp3) is 0.545. The van der Waals surface area contributed by atoms with Gasteiger partial charge in [-0.1, -0.05) is 0 Å². The summed E-state index contributed by atoms with van der Waals surface area (Å²) in [5.41, 5.74) is -0.450. The molecule has 1 atom stereocenters. The lowest BCUT2D eigenvalue weighted by molar-refractivity contribution is -0.385. The second kappa shape index (κ2) is 5.40. The van der Waals surface area contributed by atoms with Crippen LogP contribution in [0, 0.1) is 17.0 Å². The van der Waals surface area contributed by atoms with Crippen molar-refractivity contribution in [3.8, 4) is 0 Å². The van der Waals surface area contributed by atoms with Gasteiger partial charge in [0.2, 0.25) is 0 Å². The van der Waals surface area contributed by atoms with Crippen LogP contribution in [-0.4, -0.2) is 40.4 Å². The standard InChI is InChI=1S/C11H14BrN3O4/c1-7-8(15(17)18)4-13-10(9(7)12)14-5-11(16)2-3-19-6-11/h4,16H,2-3,5-6H2,1H3,(H,13,14). The molecule has 1 aromatic heterocycles. The number of aliphatic hydroxyl groups is 1. The van der Waals surface area contributed by atoms with Gasteiger partial charge in [-0.3, -0.25) is 10.1 Å². The van der Waals surface area contributed by atoms with E-state index in [-0.39, 0.29) is 18.8 Å². The second-order valence-corrected chi connectivity index (χ2v) is 5.36. The first kappa shape index (κ1) is 14.2. The molecule has 19 heavy (non-hydrogen) atoms. The molecule has 8 heteroatoms. The number of halogens is 1. The largest absolute Gasteiger partial charge is 0.386 e. The number of pyridine rings is 1. The molecule has 0 bridgehead atoms. The molecule has 1 saturated heterocycles. The number of nitrogens with zero attached hydrogens (tertiary/aromatic N) is 2. The minimum Gasteiger partial charge on any atom is -0.386 e. The van der Waals surface area contributed by atoms with Gasteiger partial charge in [0.05, 0.1) is 16.0 Å². The third kappa shape index (κ3) is 3.02. The van der Waals surface area contributed by atoms with Gasteiger partial charge in [0.25, 0.3) is 5.69 Å². The molecule has 1 fully saturated rings. The van der Waals surface area contributed by atoms with Gasteiger partial charge in [-0.15, -0.1) is 0 Å². The molecule has 1 unspecified atom stereocenters. The molecule has 0 amide bonds. The van der Waals surface area contributed by atoms with E-state index < -0.39 is 10.5 Å².